The van der Waals surface area contributed by atoms with Gasteiger partial charge >= 0.3 is 18.2 Å². The van der Waals surface area contributed by atoms with Crippen molar-refractivity contribution in [1.82, 2.24) is 36.3 Å². The molecule has 1 aliphatic heterocycles. The highest BCUT2D eigenvalue weighted by atomic mass is 16.7. The molecule has 5 unspecified atom stereocenters. The van der Waals surface area contributed by atoms with Crippen LogP contribution >= 0.6 is 0 Å². The number of ketones is 1. The van der Waals surface area contributed by atoms with E-state index in [1.54, 1.807) is 45.2 Å². The van der Waals surface area contributed by atoms with E-state index < -0.39 is 98.3 Å². The number of unbranched alkanes of at least 4 members (excludes halogenated alkanes) is 12. The lowest BCUT2D eigenvalue weighted by molar-refractivity contribution is -0.303. The second kappa shape index (κ2) is 38.0. The van der Waals surface area contributed by atoms with Crippen LogP contribution in [0, 0.1) is 29.6 Å². The average Bonchev–Trinajstić information content (AvgIpc) is 1.79. The number of anilines is 1. The summed E-state index contributed by atoms with van der Waals surface area (Å²) in [4.78, 5) is 77.6. The molecule has 486 valence electrons. The number of fused-ring (bicyclic) bond motifs is 2. The predicted molar refractivity (Wildman–Crippen MR) is 318 cm³/mol. The number of aliphatic hydroxyl groups is 6. The summed E-state index contributed by atoms with van der Waals surface area (Å²) in [5.74, 6) is -1.16. The molecule has 3 aliphatic rings. The Morgan fingerprint density at radius 1 is 0.791 bits per heavy atom. The number of aryl methyl sites for hydroxylation is 2. The molecule has 13 atom stereocenters. The average molecular weight is 1220 g/mol. The first-order chi connectivity index (χ1) is 41.3. The van der Waals surface area contributed by atoms with E-state index in [1.807, 2.05) is 4.68 Å². The first kappa shape index (κ1) is 71.2. The SMILES string of the molecule is CCCCCCCCCCCCCC[C@@H](O)[C@@H](O)[C@H](CO[C@H]1OC(CO)[C@H](O)[C@H](O)C1O)NC(=O)OCc1ccc(NC(=O)[C@H](CCCNC(N)=O)CC(=O)[C@@H](NC(=O)OCC2C3CCc4nnn(CCCCC(=O)NC)c4CCC32)C(C)C)cc1. The van der Waals surface area contributed by atoms with Crippen molar-refractivity contribution in [3.8, 4) is 0 Å². The van der Waals surface area contributed by atoms with E-state index in [0.717, 1.165) is 75.6 Å². The maximum Gasteiger partial charge on any atom is 0.407 e. The summed E-state index contributed by atoms with van der Waals surface area (Å²) in [7, 11) is 1.63. The lowest BCUT2D eigenvalue weighted by Gasteiger charge is -2.40. The lowest BCUT2D eigenvalue weighted by atomic mass is 9.89. The summed E-state index contributed by atoms with van der Waals surface area (Å²) in [5, 5.41) is 85.3. The smallest absolute Gasteiger partial charge is 0.407 e. The zero-order valence-corrected chi connectivity index (χ0v) is 51.1. The second-order valence-corrected chi connectivity index (χ2v) is 23.9. The summed E-state index contributed by atoms with van der Waals surface area (Å²) in [6.45, 7) is 5.32. The number of aromatic nitrogens is 3. The first-order valence-corrected chi connectivity index (χ1v) is 31.6. The number of Topliss-reactive ketones (excluding diaryl/α,β-unsaturated/α-hetero) is 1. The molecule has 25 nitrogen and oxygen atoms in total. The Balaban J connectivity index is 1.11. The number of hydrogen-bond acceptors (Lipinski definition) is 18. The van der Waals surface area contributed by atoms with E-state index in [-0.39, 0.29) is 62.5 Å². The van der Waals surface area contributed by atoms with Crippen molar-refractivity contribution in [2.45, 2.75) is 237 Å². The molecule has 2 aliphatic carbocycles. The Labute approximate surface area is 506 Å². The molecule has 2 aromatic rings. The number of nitrogens with two attached hydrogens (primary N) is 1. The number of rotatable bonds is 40. The van der Waals surface area contributed by atoms with Gasteiger partial charge in [0.15, 0.2) is 12.1 Å². The van der Waals surface area contributed by atoms with Gasteiger partial charge in [-0.2, -0.15) is 0 Å². The molecule has 86 heavy (non-hydrogen) atoms. The Morgan fingerprint density at radius 2 is 1.44 bits per heavy atom. The fourth-order valence-corrected chi connectivity index (χ4v) is 11.7. The van der Waals surface area contributed by atoms with Crippen LogP contribution in [0.3, 0.4) is 0 Å². The van der Waals surface area contributed by atoms with E-state index in [9.17, 15) is 59.4 Å². The van der Waals surface area contributed by atoms with Crippen LogP contribution in [0.4, 0.5) is 20.1 Å². The van der Waals surface area contributed by atoms with Crippen molar-refractivity contribution in [2.75, 3.05) is 38.7 Å². The Kier molecular flexibility index (Phi) is 31.5. The van der Waals surface area contributed by atoms with Crippen LogP contribution in [0.15, 0.2) is 24.3 Å². The minimum atomic E-state index is -1.75. The van der Waals surface area contributed by atoms with Gasteiger partial charge in [0.1, 0.15) is 37.1 Å². The van der Waals surface area contributed by atoms with Gasteiger partial charge in [0.05, 0.1) is 49.4 Å². The summed E-state index contributed by atoms with van der Waals surface area (Å²) in [6, 6.07) is 3.33. The Morgan fingerprint density at radius 3 is 2.08 bits per heavy atom. The highest BCUT2D eigenvalue weighted by Crippen LogP contribution is 2.53. The molecular formula is C61H101N9O16. The molecule has 1 saturated carbocycles. The molecular weight excluding hydrogens is 1110 g/mol. The van der Waals surface area contributed by atoms with Crippen LogP contribution in [0.5, 0.6) is 0 Å². The minimum absolute atomic E-state index is 0.0140. The normalized spacial score (nSPS) is 22.5. The molecule has 1 saturated heterocycles. The van der Waals surface area contributed by atoms with Gasteiger partial charge in [-0.25, -0.2) is 19.1 Å². The quantitative estimate of drug-likeness (QED) is 0.0406. The van der Waals surface area contributed by atoms with E-state index in [1.165, 1.54) is 44.9 Å². The third-order valence-corrected chi connectivity index (χ3v) is 17.0. The van der Waals surface area contributed by atoms with Gasteiger partial charge in [0.2, 0.25) is 11.8 Å². The molecule has 0 spiro atoms. The molecule has 2 fully saturated rings. The molecule has 5 rings (SSSR count). The number of benzene rings is 1. The maximum absolute atomic E-state index is 14.0. The van der Waals surface area contributed by atoms with Crippen molar-refractivity contribution in [3.63, 3.8) is 0 Å². The summed E-state index contributed by atoms with van der Waals surface area (Å²) < 4.78 is 24.3. The van der Waals surface area contributed by atoms with Crippen molar-refractivity contribution in [3.05, 3.63) is 41.2 Å². The van der Waals surface area contributed by atoms with E-state index in [2.05, 4.69) is 43.8 Å². The molecule has 6 amide bonds. The number of primary amides is 1. The van der Waals surface area contributed by atoms with Gasteiger partial charge in [0.25, 0.3) is 0 Å². The van der Waals surface area contributed by atoms with E-state index in [0.29, 0.717) is 48.9 Å². The number of nitrogens with one attached hydrogen (secondary N) is 5. The number of hydrogen-bond donors (Lipinski definition) is 12. The Hall–Kier alpha value is -5.54. The largest absolute Gasteiger partial charge is 0.449 e. The van der Waals surface area contributed by atoms with E-state index >= 15 is 0 Å². The molecule has 1 aromatic carbocycles. The fraction of sp³-hybridized carbons (Fsp3) is 0.770. The lowest BCUT2D eigenvalue weighted by Crippen LogP contribution is -2.60. The zero-order valence-electron chi connectivity index (χ0n) is 51.1. The number of urea groups is 1. The van der Waals surface area contributed by atoms with Crippen LogP contribution < -0.4 is 32.3 Å². The minimum Gasteiger partial charge on any atom is -0.449 e. The molecule has 0 bridgehead atoms. The monoisotopic (exact) mass is 1220 g/mol. The van der Waals surface area contributed by atoms with Crippen LogP contribution in [-0.2, 0) is 59.3 Å². The van der Waals surface area contributed by atoms with Crippen molar-refractivity contribution in [1.29, 1.82) is 0 Å². The highest BCUT2D eigenvalue weighted by Gasteiger charge is 2.51. The van der Waals surface area contributed by atoms with Crippen LogP contribution in [0.1, 0.15) is 173 Å². The van der Waals surface area contributed by atoms with Gasteiger partial charge in [-0.3, -0.25) is 14.4 Å². The number of alkyl carbamates (subject to hydrolysis) is 2. The third kappa shape index (κ3) is 23.9. The van der Waals surface area contributed by atoms with E-state index in [4.69, 9.17) is 24.7 Å². The third-order valence-electron chi connectivity index (χ3n) is 17.0. The molecule has 0 radical (unpaired) electrons. The van der Waals surface area contributed by atoms with Gasteiger partial charge in [0, 0.05) is 44.6 Å². The zero-order chi connectivity index (χ0) is 62.5. The summed E-state index contributed by atoms with van der Waals surface area (Å²) in [6.07, 6.45) is 6.71. The van der Waals surface area contributed by atoms with Gasteiger partial charge in [-0.1, -0.05) is 115 Å². The predicted octanol–water partition coefficient (Wildman–Crippen LogP) is 4.57. The number of aliphatic hydroxyl groups excluding tert-OH is 6. The maximum atomic E-state index is 14.0. The fourth-order valence-electron chi connectivity index (χ4n) is 11.7. The number of nitrogens with zero attached hydrogens (tertiary/aromatic N) is 3. The number of ether oxygens (including phenoxy) is 4. The number of carbonyl (C=O) groups excluding carboxylic acids is 6. The van der Waals surface area contributed by atoms with Crippen LogP contribution in [0.25, 0.3) is 0 Å². The molecule has 2 heterocycles. The van der Waals surface area contributed by atoms with Crippen molar-refractivity contribution in [2.24, 2.45) is 35.3 Å². The van der Waals surface area contributed by atoms with Gasteiger partial charge < -0.3 is 81.9 Å². The second-order valence-electron chi connectivity index (χ2n) is 23.9. The first-order valence-electron chi connectivity index (χ1n) is 31.6. The Bertz CT molecular complexity index is 2360. The highest BCUT2D eigenvalue weighted by molar-refractivity contribution is 5.97. The van der Waals surface area contributed by atoms with Crippen molar-refractivity contribution >= 4 is 41.5 Å². The molecule has 1 aromatic heterocycles. The standard InChI is InChI=1S/C61H101N9O16/c1-5-6-7-8-9-10-11-12-13-14-15-16-21-48(72)53(75)46(37-83-58-56(78)55(77)54(76)50(34-71)86-58)66-60(81)84-35-39-23-25-41(26-24-39)65-57(79)40(20-19-31-64-59(62)80)33-49(73)52(38(2)3)67-61(82)85-36-44-42-27-29-45-47(30-28-43(42)44)70(69-68-45)32-18-17-22-51(74)63-4/h23-26,38,40,42-44,46,48,50,52-56,58,71-72,75-78H,5-22,27-37H2,1-4H3,(H,63,74)(H,65,79)(H,66,81)(H,67,82)(H3,62,64,80)/t40-,42?,43?,44?,46+,48-,50?,52+,53+,54+,55+,56?,58+/m1/s1. The van der Waals surface area contributed by atoms with Gasteiger partial charge in [-0.05, 0) is 99.2 Å². The molecule has 13 N–H and O–H groups in total. The van der Waals surface area contributed by atoms with Crippen LogP contribution in [0.2, 0.25) is 0 Å². The van der Waals surface area contributed by atoms with Crippen molar-refractivity contribution < 1.29 is 78.4 Å². The number of carbonyl (C=O) groups is 6. The number of amides is 6. The summed E-state index contributed by atoms with van der Waals surface area (Å²) >= 11 is 0. The molecule has 25 heteroatoms. The summed E-state index contributed by atoms with van der Waals surface area (Å²) in [5.41, 5.74) is 8.24. The van der Waals surface area contributed by atoms with Gasteiger partial charge in [-0.15, -0.1) is 5.10 Å². The topological polar surface area (TPSA) is 378 Å². The van der Waals surface area contributed by atoms with Crippen LogP contribution in [-0.4, -0.2) is 170 Å².